The molecule has 58 heavy (non-hydrogen) atoms. The van der Waals surface area contributed by atoms with Gasteiger partial charge in [-0.3, -0.25) is 14.2 Å². The third-order valence-corrected chi connectivity index (χ3v) is 12.3. The molecule has 0 saturated carbocycles. The molecular formula is C49H101N2O6P. The molecule has 1 atom stereocenters. The minimum absolute atomic E-state index is 0.00622. The molecule has 0 aliphatic carbocycles. The third-order valence-electron chi connectivity index (χ3n) is 11.3. The topological polar surface area (TPSA) is 119 Å². The van der Waals surface area contributed by atoms with Crippen LogP contribution >= 0.6 is 7.82 Å². The maximum atomic E-state index is 13.0. The molecular weight excluding hydrogens is 744 g/mol. The molecule has 0 aromatic heterocycles. The molecule has 0 saturated heterocycles. The average molecular weight is 845 g/mol. The lowest BCUT2D eigenvalue weighted by Crippen LogP contribution is -2.37. The molecule has 9 heteroatoms. The number of carbonyl (C=O) groups excluding carboxylic acids is 2. The molecule has 0 aliphatic rings. The van der Waals surface area contributed by atoms with Gasteiger partial charge in [0.2, 0.25) is 0 Å². The minimum Gasteiger partial charge on any atom is -0.756 e. The Hall–Kier alpha value is -0.630. The van der Waals surface area contributed by atoms with Crippen LogP contribution in [0.1, 0.15) is 252 Å². The quantitative estimate of drug-likeness (QED) is 0.0280. The highest BCUT2D eigenvalue weighted by Crippen LogP contribution is 2.39. The van der Waals surface area contributed by atoms with Crippen LogP contribution in [0.2, 0.25) is 0 Å². The van der Waals surface area contributed by atoms with Crippen LogP contribution in [0, 0.1) is 5.92 Å². The lowest BCUT2D eigenvalue weighted by atomic mass is 9.92. The van der Waals surface area contributed by atoms with Gasteiger partial charge in [0.15, 0.2) is 0 Å². The van der Waals surface area contributed by atoms with Gasteiger partial charge in [-0.2, -0.15) is 0 Å². The molecule has 0 aromatic carbocycles. The lowest BCUT2D eigenvalue weighted by Gasteiger charge is -2.28. The van der Waals surface area contributed by atoms with E-state index in [4.69, 9.17) is 14.8 Å². The number of hydrogen-bond acceptors (Lipinski definition) is 7. The Labute approximate surface area is 361 Å². The smallest absolute Gasteiger partial charge is 0.268 e. The van der Waals surface area contributed by atoms with E-state index >= 15 is 0 Å². The summed E-state index contributed by atoms with van der Waals surface area (Å²) >= 11 is 0. The fraction of sp³-hybridized carbons (Fsp3) is 0.959. The first-order valence-corrected chi connectivity index (χ1v) is 26.6. The van der Waals surface area contributed by atoms with Crippen LogP contribution < -0.4 is 10.6 Å². The van der Waals surface area contributed by atoms with Crippen LogP contribution in [0.25, 0.3) is 0 Å². The van der Waals surface area contributed by atoms with Gasteiger partial charge in [0.05, 0.1) is 27.7 Å². The van der Waals surface area contributed by atoms with Crippen molar-refractivity contribution in [2.75, 3.05) is 47.4 Å². The largest absolute Gasteiger partial charge is 0.756 e. The van der Waals surface area contributed by atoms with Crippen LogP contribution in [-0.4, -0.2) is 63.5 Å². The first kappa shape index (κ1) is 59.5. The van der Waals surface area contributed by atoms with Crippen LogP contribution in [-0.2, 0) is 23.2 Å². The van der Waals surface area contributed by atoms with Gasteiger partial charge in [-0.1, -0.05) is 220 Å². The highest BCUT2D eigenvalue weighted by molar-refractivity contribution is 7.45. The van der Waals surface area contributed by atoms with E-state index in [-0.39, 0.29) is 18.2 Å². The van der Waals surface area contributed by atoms with Gasteiger partial charge in [-0.25, -0.2) is 0 Å². The maximum Gasteiger partial charge on any atom is 0.268 e. The first-order valence-electron chi connectivity index (χ1n) is 25.1. The maximum absolute atomic E-state index is 13.0. The number of ketones is 2. The lowest BCUT2D eigenvalue weighted by molar-refractivity contribution is -0.870. The second-order valence-corrected chi connectivity index (χ2v) is 19.7. The van der Waals surface area contributed by atoms with Gasteiger partial charge in [0, 0.05) is 12.8 Å². The summed E-state index contributed by atoms with van der Waals surface area (Å²) in [5.74, 6) is -1.44. The number of carbonyl (C=O) groups is 2. The summed E-state index contributed by atoms with van der Waals surface area (Å²) in [6.07, 6.45) is 44.0. The van der Waals surface area contributed by atoms with Gasteiger partial charge in [-0.15, -0.1) is 0 Å². The summed E-state index contributed by atoms with van der Waals surface area (Å²) in [6.45, 7) is 7.63. The van der Waals surface area contributed by atoms with Gasteiger partial charge in [0.25, 0.3) is 7.82 Å². The summed E-state index contributed by atoms with van der Waals surface area (Å²) < 4.78 is 22.9. The predicted molar refractivity (Wildman–Crippen MR) is 248 cm³/mol. The number of hydrogen-bond donors (Lipinski definition) is 1. The third kappa shape index (κ3) is 46.4. The fourth-order valence-corrected chi connectivity index (χ4v) is 7.97. The molecule has 0 aliphatic heterocycles. The van der Waals surface area contributed by atoms with Crippen molar-refractivity contribution in [3.63, 3.8) is 0 Å². The zero-order valence-corrected chi connectivity index (χ0v) is 40.7. The van der Waals surface area contributed by atoms with E-state index in [0.717, 1.165) is 45.1 Å². The van der Waals surface area contributed by atoms with Crippen LogP contribution in [0.3, 0.4) is 0 Å². The van der Waals surface area contributed by atoms with Crippen molar-refractivity contribution in [3.8, 4) is 0 Å². The van der Waals surface area contributed by atoms with Gasteiger partial charge >= 0.3 is 0 Å². The minimum atomic E-state index is -4.58. The fourth-order valence-electron chi connectivity index (χ4n) is 7.26. The molecule has 8 nitrogen and oxygen atoms in total. The van der Waals surface area contributed by atoms with Crippen LogP contribution in [0.15, 0.2) is 0 Å². The summed E-state index contributed by atoms with van der Waals surface area (Å²) in [7, 11) is 1.23. The van der Waals surface area contributed by atoms with Crippen LogP contribution in [0.4, 0.5) is 0 Å². The molecule has 0 spiro atoms. The standard InChI is InChI=1S/C31H62NO6P.C18H39N/c1-6-8-10-12-14-16-18-20-22-24-30(33)29(28-38-39(35,36)37-27-26-32(3,4)5)31(34)25-23-21-19-17-15-13-11-9-7-2;1-2-3-4-5-6-7-8-9-10-11-12-13-14-15-16-17-18-19/h29H,6-28H2,1-5H3;2-19H2,1H3. The highest BCUT2D eigenvalue weighted by atomic mass is 31.2. The van der Waals surface area contributed by atoms with Crippen molar-refractivity contribution in [2.24, 2.45) is 11.7 Å². The van der Waals surface area contributed by atoms with E-state index in [1.54, 1.807) is 0 Å². The SMILES string of the molecule is CCCCCCCCCCCC(=O)C(COP(=O)([O-])OCC[N+](C)(C)C)C(=O)CCCCCCCCCCC.CCCCCCCCCCCCCCCCCCN. The predicted octanol–water partition coefficient (Wildman–Crippen LogP) is 14.0. The molecule has 348 valence electrons. The summed E-state index contributed by atoms with van der Waals surface area (Å²) in [4.78, 5) is 38.2. The number of phosphoric acid groups is 1. The number of likely N-dealkylation sites (N-methyl/N-ethyl adjacent to an activating group) is 1. The molecule has 0 radical (unpaired) electrons. The number of Topliss-reactive ketones (excluding diaryl/α,β-unsaturated/α-hetero) is 2. The molecule has 0 heterocycles. The molecule has 0 rings (SSSR count). The van der Waals surface area contributed by atoms with Gasteiger partial charge in [0.1, 0.15) is 30.6 Å². The molecule has 0 aromatic rings. The van der Waals surface area contributed by atoms with E-state index in [1.165, 1.54) is 180 Å². The van der Waals surface area contributed by atoms with Crippen molar-refractivity contribution in [1.29, 1.82) is 0 Å². The summed E-state index contributed by atoms with van der Waals surface area (Å²) in [5, 5.41) is 0. The van der Waals surface area contributed by atoms with Crippen molar-refractivity contribution in [3.05, 3.63) is 0 Å². The second-order valence-electron chi connectivity index (χ2n) is 18.3. The Balaban J connectivity index is 0. The van der Waals surface area contributed by atoms with Crippen molar-refractivity contribution in [2.45, 2.75) is 252 Å². The van der Waals surface area contributed by atoms with E-state index in [1.807, 2.05) is 21.1 Å². The van der Waals surface area contributed by atoms with Crippen molar-refractivity contribution < 1.29 is 32.6 Å². The van der Waals surface area contributed by atoms with E-state index in [9.17, 15) is 19.0 Å². The summed E-state index contributed by atoms with van der Waals surface area (Å²) in [6, 6.07) is 0. The number of quaternary nitrogens is 1. The number of nitrogens with two attached hydrogens (primary N) is 1. The molecule has 0 amide bonds. The Morgan fingerprint density at radius 3 is 1.03 bits per heavy atom. The average Bonchev–Trinajstić information content (AvgIpc) is 3.17. The first-order chi connectivity index (χ1) is 27.9. The van der Waals surface area contributed by atoms with Gasteiger partial charge < -0.3 is 24.2 Å². The normalized spacial score (nSPS) is 12.8. The zero-order valence-electron chi connectivity index (χ0n) is 39.8. The Morgan fingerprint density at radius 1 is 0.483 bits per heavy atom. The number of nitrogens with zero attached hydrogens (tertiary/aromatic N) is 1. The Morgan fingerprint density at radius 2 is 0.759 bits per heavy atom. The number of phosphoric ester groups is 1. The van der Waals surface area contributed by atoms with Crippen molar-refractivity contribution in [1.82, 2.24) is 0 Å². The van der Waals surface area contributed by atoms with E-state index in [0.29, 0.717) is 23.9 Å². The molecule has 2 N–H and O–H groups in total. The van der Waals surface area contributed by atoms with Crippen LogP contribution in [0.5, 0.6) is 0 Å². The number of rotatable bonds is 45. The molecule has 0 bridgehead atoms. The van der Waals surface area contributed by atoms with E-state index in [2.05, 4.69) is 20.8 Å². The second kappa shape index (κ2) is 44.4. The monoisotopic (exact) mass is 845 g/mol. The van der Waals surface area contributed by atoms with E-state index < -0.39 is 20.3 Å². The van der Waals surface area contributed by atoms with Crippen molar-refractivity contribution >= 4 is 19.4 Å². The molecule has 0 fully saturated rings. The highest BCUT2D eigenvalue weighted by Gasteiger charge is 2.28. The molecule has 1 unspecified atom stereocenters. The summed E-state index contributed by atoms with van der Waals surface area (Å²) in [5.41, 5.74) is 5.48. The Bertz CT molecular complexity index is 877. The number of unbranched alkanes of at least 4 members (excludes halogenated alkanes) is 31. The zero-order chi connectivity index (χ0) is 43.4. The Kier molecular flexibility index (Phi) is 45.5. The van der Waals surface area contributed by atoms with Gasteiger partial charge in [-0.05, 0) is 25.8 Å².